The molecule has 0 saturated heterocycles. The lowest BCUT2D eigenvalue weighted by molar-refractivity contribution is -0.385. The molecule has 0 fully saturated rings. The molecule has 4 nitrogen and oxygen atoms in total. The number of hydrogen-bond donors (Lipinski definition) is 0. The summed E-state index contributed by atoms with van der Waals surface area (Å²) >= 11 is 5.83. The Labute approximate surface area is 112 Å². The number of pyridine rings is 1. The third kappa shape index (κ3) is 2.48. The van der Waals surface area contributed by atoms with Crippen molar-refractivity contribution in [2.45, 2.75) is 40.0 Å². The van der Waals surface area contributed by atoms with Crippen LogP contribution in [0.3, 0.4) is 0 Å². The highest BCUT2D eigenvalue weighted by atomic mass is 35.5. The summed E-state index contributed by atoms with van der Waals surface area (Å²) in [6.07, 6.45) is 2.77. The Bertz CT molecular complexity index is 494. The first-order valence-electron chi connectivity index (χ1n) is 6.11. The van der Waals surface area contributed by atoms with E-state index in [0.29, 0.717) is 5.92 Å². The minimum Gasteiger partial charge on any atom is -0.258 e. The molecule has 5 heteroatoms. The molecule has 0 radical (unpaired) electrons. The number of rotatable bonds is 1. The van der Waals surface area contributed by atoms with Crippen molar-refractivity contribution in [1.82, 2.24) is 4.98 Å². The van der Waals surface area contributed by atoms with Crippen LogP contribution < -0.4 is 0 Å². The molecular formula is C13H17ClN2O2. The van der Waals surface area contributed by atoms with Crippen LogP contribution in [-0.4, -0.2) is 9.91 Å². The molecule has 98 valence electrons. The Morgan fingerprint density at radius 1 is 1.50 bits per heavy atom. The van der Waals surface area contributed by atoms with Gasteiger partial charge in [0.15, 0.2) is 0 Å². The van der Waals surface area contributed by atoms with Gasteiger partial charge in [-0.1, -0.05) is 32.4 Å². The van der Waals surface area contributed by atoms with Crippen LogP contribution in [0, 0.1) is 21.4 Å². The van der Waals surface area contributed by atoms with E-state index in [4.69, 9.17) is 11.6 Å². The highest BCUT2D eigenvalue weighted by molar-refractivity contribution is 6.31. The van der Waals surface area contributed by atoms with E-state index in [-0.39, 0.29) is 16.3 Å². The van der Waals surface area contributed by atoms with Crippen LogP contribution in [0.2, 0.25) is 5.15 Å². The molecule has 0 bridgehead atoms. The fourth-order valence-electron chi connectivity index (χ4n) is 2.49. The van der Waals surface area contributed by atoms with Crippen molar-refractivity contribution in [1.29, 1.82) is 0 Å². The van der Waals surface area contributed by atoms with Crippen LogP contribution in [0.15, 0.2) is 6.07 Å². The summed E-state index contributed by atoms with van der Waals surface area (Å²) in [5, 5.41) is 10.9. The predicted octanol–water partition coefficient (Wildman–Crippen LogP) is 3.79. The molecule has 18 heavy (non-hydrogen) atoms. The minimum atomic E-state index is -0.462. The maximum atomic E-state index is 10.9. The first-order valence-corrected chi connectivity index (χ1v) is 6.49. The SMILES string of the molecule is CC(C)(C)[C@@H]1CCc2nc(Cl)c([N+](=O)[O-])cc2C1. The smallest absolute Gasteiger partial charge is 0.258 e. The highest BCUT2D eigenvalue weighted by Crippen LogP contribution is 2.38. The zero-order chi connectivity index (χ0) is 13.5. The van der Waals surface area contributed by atoms with Crippen LogP contribution in [-0.2, 0) is 12.8 Å². The molecule has 1 aliphatic rings. The molecular weight excluding hydrogens is 252 g/mol. The number of hydrogen-bond acceptors (Lipinski definition) is 3. The van der Waals surface area contributed by atoms with Crippen molar-refractivity contribution in [3.8, 4) is 0 Å². The molecule has 0 unspecified atom stereocenters. The molecule has 0 aliphatic heterocycles. The van der Waals surface area contributed by atoms with E-state index in [9.17, 15) is 10.1 Å². The topological polar surface area (TPSA) is 56.0 Å². The fourth-order valence-corrected chi connectivity index (χ4v) is 2.72. The van der Waals surface area contributed by atoms with Gasteiger partial charge >= 0.3 is 5.69 Å². The lowest BCUT2D eigenvalue weighted by atomic mass is 9.71. The molecule has 1 heterocycles. The normalized spacial score (nSPS) is 19.4. The summed E-state index contributed by atoms with van der Waals surface area (Å²) in [5.74, 6) is 0.535. The average Bonchev–Trinajstić information content (AvgIpc) is 2.25. The van der Waals surface area contributed by atoms with E-state index in [1.807, 2.05) is 0 Å². The minimum absolute atomic E-state index is 0.00737. The second kappa shape index (κ2) is 4.50. The van der Waals surface area contributed by atoms with E-state index in [1.54, 1.807) is 6.07 Å². The molecule has 2 rings (SSSR count). The van der Waals surface area contributed by atoms with Gasteiger partial charge in [0.1, 0.15) is 0 Å². The van der Waals surface area contributed by atoms with Crippen molar-refractivity contribution in [3.05, 3.63) is 32.6 Å². The van der Waals surface area contributed by atoms with E-state index in [0.717, 1.165) is 30.5 Å². The van der Waals surface area contributed by atoms with Gasteiger partial charge in [-0.15, -0.1) is 0 Å². The van der Waals surface area contributed by atoms with Gasteiger partial charge in [0.25, 0.3) is 0 Å². The predicted molar refractivity (Wildman–Crippen MR) is 70.9 cm³/mol. The average molecular weight is 269 g/mol. The van der Waals surface area contributed by atoms with Crippen LogP contribution >= 0.6 is 11.6 Å². The standard InChI is InChI=1S/C13H17ClN2O2/c1-13(2,3)9-4-5-10-8(6-9)7-11(16(17)18)12(14)15-10/h7,9H,4-6H2,1-3H3/t9-/m1/s1. The maximum Gasteiger partial charge on any atom is 0.306 e. The number of nitro groups is 1. The Balaban J connectivity index is 2.37. The van der Waals surface area contributed by atoms with Crippen molar-refractivity contribution in [2.75, 3.05) is 0 Å². The molecule has 0 amide bonds. The fraction of sp³-hybridized carbons (Fsp3) is 0.615. The van der Waals surface area contributed by atoms with E-state index >= 15 is 0 Å². The quantitative estimate of drug-likeness (QED) is 0.442. The molecule has 0 aromatic carbocycles. The van der Waals surface area contributed by atoms with Gasteiger partial charge in [0, 0.05) is 11.8 Å². The van der Waals surface area contributed by atoms with Crippen molar-refractivity contribution >= 4 is 17.3 Å². The van der Waals surface area contributed by atoms with Gasteiger partial charge in [-0.05, 0) is 36.2 Å². The maximum absolute atomic E-state index is 10.9. The summed E-state index contributed by atoms with van der Waals surface area (Å²) in [5.41, 5.74) is 2.04. The Hall–Kier alpha value is -1.16. The van der Waals surface area contributed by atoms with Crippen LogP contribution in [0.1, 0.15) is 38.4 Å². The van der Waals surface area contributed by atoms with Crippen molar-refractivity contribution < 1.29 is 4.92 Å². The van der Waals surface area contributed by atoms with Crippen LogP contribution in [0.5, 0.6) is 0 Å². The Morgan fingerprint density at radius 2 is 2.17 bits per heavy atom. The van der Waals surface area contributed by atoms with Gasteiger partial charge in [-0.3, -0.25) is 10.1 Å². The zero-order valence-electron chi connectivity index (χ0n) is 10.9. The first kappa shape index (κ1) is 13.3. The highest BCUT2D eigenvalue weighted by Gasteiger charge is 2.31. The van der Waals surface area contributed by atoms with Gasteiger partial charge in [-0.25, -0.2) is 4.98 Å². The van der Waals surface area contributed by atoms with Gasteiger partial charge in [0.05, 0.1) is 4.92 Å². The summed E-state index contributed by atoms with van der Waals surface area (Å²) in [6.45, 7) is 6.63. The van der Waals surface area contributed by atoms with E-state index in [1.165, 1.54) is 0 Å². The summed E-state index contributed by atoms with van der Waals surface area (Å²) in [4.78, 5) is 14.6. The Kier molecular flexibility index (Phi) is 3.32. The number of halogens is 1. The summed E-state index contributed by atoms with van der Waals surface area (Å²) in [6, 6.07) is 1.60. The van der Waals surface area contributed by atoms with Crippen molar-refractivity contribution in [2.24, 2.45) is 11.3 Å². The van der Waals surface area contributed by atoms with Crippen LogP contribution in [0.25, 0.3) is 0 Å². The number of nitrogens with zero attached hydrogens (tertiary/aromatic N) is 2. The number of aromatic nitrogens is 1. The number of aryl methyl sites for hydroxylation is 1. The monoisotopic (exact) mass is 268 g/mol. The number of fused-ring (bicyclic) bond motifs is 1. The van der Waals surface area contributed by atoms with E-state index in [2.05, 4.69) is 25.8 Å². The summed E-state index contributed by atoms with van der Waals surface area (Å²) in [7, 11) is 0. The lowest BCUT2D eigenvalue weighted by Gasteiger charge is -2.34. The molecule has 1 aromatic rings. The lowest BCUT2D eigenvalue weighted by Crippen LogP contribution is -2.27. The molecule has 0 saturated carbocycles. The van der Waals surface area contributed by atoms with Crippen molar-refractivity contribution in [3.63, 3.8) is 0 Å². The van der Waals surface area contributed by atoms with E-state index < -0.39 is 4.92 Å². The largest absolute Gasteiger partial charge is 0.306 e. The second-order valence-corrected chi connectivity index (χ2v) is 6.32. The molecule has 1 atom stereocenters. The first-order chi connectivity index (χ1) is 8.29. The van der Waals surface area contributed by atoms with Crippen LogP contribution in [0.4, 0.5) is 5.69 Å². The molecule has 1 aromatic heterocycles. The third-order valence-electron chi connectivity index (χ3n) is 3.74. The van der Waals surface area contributed by atoms with Gasteiger partial charge in [-0.2, -0.15) is 0 Å². The van der Waals surface area contributed by atoms with Gasteiger partial charge < -0.3 is 0 Å². The zero-order valence-corrected chi connectivity index (χ0v) is 11.6. The summed E-state index contributed by atoms with van der Waals surface area (Å²) < 4.78 is 0. The Morgan fingerprint density at radius 3 is 2.72 bits per heavy atom. The second-order valence-electron chi connectivity index (χ2n) is 5.97. The molecule has 1 aliphatic carbocycles. The third-order valence-corrected chi connectivity index (χ3v) is 4.02. The molecule has 0 spiro atoms. The van der Waals surface area contributed by atoms with Gasteiger partial charge in [0.2, 0.25) is 5.15 Å². The molecule has 0 N–H and O–H groups in total.